The van der Waals surface area contributed by atoms with Crippen LogP contribution in [-0.4, -0.2) is 109 Å². The fraction of sp³-hybridized carbons (Fsp3) is 1.00. The Labute approximate surface area is 185 Å². The van der Waals surface area contributed by atoms with Crippen LogP contribution in [0.3, 0.4) is 0 Å². The number of nitrogens with one attached hydrogen (secondary N) is 4. The molecule has 0 radical (unpaired) electrons. The lowest BCUT2D eigenvalue weighted by Gasteiger charge is -2.25. The molecule has 0 bridgehead atoms. The van der Waals surface area contributed by atoms with Gasteiger partial charge in [0.1, 0.15) is 0 Å². The van der Waals surface area contributed by atoms with Crippen molar-refractivity contribution in [2.24, 2.45) is 0 Å². The highest BCUT2D eigenvalue weighted by molar-refractivity contribution is 7.52. The van der Waals surface area contributed by atoms with E-state index >= 15 is 0 Å². The van der Waals surface area contributed by atoms with E-state index in [1.807, 2.05) is 0 Å². The molecule has 2 unspecified atom stereocenters. The maximum Gasteiger partial charge on any atom is 0.339 e. The molecule has 0 saturated carbocycles. The highest BCUT2D eigenvalue weighted by Gasteiger charge is 2.25. The maximum atomic E-state index is 11.4. The minimum Gasteiger partial charge on any atom is -0.324 e. The van der Waals surface area contributed by atoms with Gasteiger partial charge in [-0.2, -0.15) is 0 Å². The molecule has 20 heteroatoms. The summed E-state index contributed by atoms with van der Waals surface area (Å²) in [4.78, 5) is 72.1. The van der Waals surface area contributed by atoms with Crippen molar-refractivity contribution in [2.75, 3.05) is 57.5 Å². The average Bonchev–Trinajstić information content (AvgIpc) is 2.53. The summed E-state index contributed by atoms with van der Waals surface area (Å²) in [5.74, 6) is 0. The van der Waals surface area contributed by atoms with Gasteiger partial charge >= 0.3 is 30.4 Å². The highest BCUT2D eigenvalue weighted by atomic mass is 31.2. The van der Waals surface area contributed by atoms with Crippen LogP contribution < -0.4 is 21.3 Å². The van der Waals surface area contributed by atoms with E-state index in [2.05, 4.69) is 21.3 Å². The van der Waals surface area contributed by atoms with Gasteiger partial charge < -0.3 is 60.4 Å². The van der Waals surface area contributed by atoms with Crippen LogP contribution in [-0.2, 0) is 18.3 Å². The van der Waals surface area contributed by atoms with Gasteiger partial charge in [-0.1, -0.05) is 0 Å². The standard InChI is InChI=1S/C12H34N4O12P4/c17-29(18,19)5-1-2-13-6-11(8-30(20,21)22)16-7-12(9-31(23,24)25)15-4-3-14-10-32(26,27)28/h11-16H,1-10H2,(H2,17,18,19)(H2,20,21,22)(H2,23,24,25)(H2,26,27,28). The molecule has 0 spiro atoms. The van der Waals surface area contributed by atoms with Gasteiger partial charge in [0.2, 0.25) is 0 Å². The Kier molecular flexibility index (Phi) is 15.0. The van der Waals surface area contributed by atoms with E-state index in [0.29, 0.717) is 0 Å². The first-order chi connectivity index (χ1) is 14.4. The first-order valence-corrected chi connectivity index (χ1v) is 16.6. The van der Waals surface area contributed by atoms with E-state index in [-0.39, 0.29) is 45.3 Å². The molecule has 0 aromatic heterocycles. The van der Waals surface area contributed by atoms with E-state index in [1.165, 1.54) is 0 Å². The predicted molar refractivity (Wildman–Crippen MR) is 117 cm³/mol. The Morgan fingerprint density at radius 2 is 1.09 bits per heavy atom. The van der Waals surface area contributed by atoms with Crippen molar-refractivity contribution in [3.05, 3.63) is 0 Å². The molecular formula is C12H34N4O12P4. The van der Waals surface area contributed by atoms with Gasteiger partial charge in [-0.15, -0.1) is 0 Å². The van der Waals surface area contributed by atoms with Crippen molar-refractivity contribution in [3.8, 4) is 0 Å². The molecule has 0 aromatic carbocycles. The zero-order valence-electron chi connectivity index (χ0n) is 17.2. The van der Waals surface area contributed by atoms with Gasteiger partial charge in [0.05, 0.1) is 24.8 Å². The molecule has 0 heterocycles. The maximum absolute atomic E-state index is 11.4. The molecule has 2 atom stereocenters. The van der Waals surface area contributed by atoms with Crippen molar-refractivity contribution < 1.29 is 57.4 Å². The largest absolute Gasteiger partial charge is 0.339 e. The van der Waals surface area contributed by atoms with E-state index in [4.69, 9.17) is 19.6 Å². The number of hydrogen-bond donors (Lipinski definition) is 12. The second-order valence-corrected chi connectivity index (χ2v) is 14.0. The van der Waals surface area contributed by atoms with Crippen LogP contribution in [0.5, 0.6) is 0 Å². The summed E-state index contributed by atoms with van der Waals surface area (Å²) in [6, 6.07) is -1.62. The fourth-order valence-corrected chi connectivity index (χ4v) is 5.25. The van der Waals surface area contributed by atoms with Crippen molar-refractivity contribution >= 4 is 30.4 Å². The van der Waals surface area contributed by atoms with Crippen LogP contribution in [0.4, 0.5) is 0 Å². The topological polar surface area (TPSA) is 278 Å². The molecule has 0 aliphatic carbocycles. The fourth-order valence-electron chi connectivity index (χ4n) is 2.56. The second-order valence-electron chi connectivity index (χ2n) is 7.22. The Morgan fingerprint density at radius 1 is 0.562 bits per heavy atom. The van der Waals surface area contributed by atoms with Gasteiger partial charge in [0, 0.05) is 38.3 Å². The van der Waals surface area contributed by atoms with Gasteiger partial charge in [-0.25, -0.2) is 0 Å². The Morgan fingerprint density at radius 3 is 1.56 bits per heavy atom. The summed E-state index contributed by atoms with van der Waals surface area (Å²) in [6.45, 7) is 0.322. The zero-order chi connectivity index (χ0) is 25.1. The van der Waals surface area contributed by atoms with Crippen LogP contribution in [0.1, 0.15) is 6.42 Å². The lowest BCUT2D eigenvalue weighted by atomic mass is 10.2. The van der Waals surface area contributed by atoms with Crippen LogP contribution in [0, 0.1) is 0 Å². The van der Waals surface area contributed by atoms with E-state index < -0.39 is 61.1 Å². The van der Waals surface area contributed by atoms with E-state index in [9.17, 15) is 37.8 Å². The summed E-state index contributed by atoms with van der Waals surface area (Å²) < 4.78 is 44.3. The zero-order valence-corrected chi connectivity index (χ0v) is 20.8. The molecular weight excluding hydrogens is 516 g/mol. The van der Waals surface area contributed by atoms with Crippen molar-refractivity contribution in [3.63, 3.8) is 0 Å². The molecule has 0 aromatic rings. The number of rotatable bonds is 19. The number of hydrogen-bond acceptors (Lipinski definition) is 8. The Bertz CT molecular complexity index is 659. The van der Waals surface area contributed by atoms with Crippen LogP contribution in [0.25, 0.3) is 0 Å². The molecule has 0 rings (SSSR count). The third kappa shape index (κ3) is 23.6. The lowest BCUT2D eigenvalue weighted by Crippen LogP contribution is -2.49. The molecule has 0 amide bonds. The SMILES string of the molecule is O=P(O)(O)CCCNCC(CP(=O)(O)O)NCC(CP(=O)(O)O)NCCNCP(=O)(O)O. The molecule has 0 aliphatic rings. The molecule has 16 nitrogen and oxygen atoms in total. The summed E-state index contributed by atoms with van der Waals surface area (Å²) in [5.41, 5.74) is 0. The molecule has 32 heavy (non-hydrogen) atoms. The Hall–Kier alpha value is 0.440. The highest BCUT2D eigenvalue weighted by Crippen LogP contribution is 2.36. The third-order valence-corrected chi connectivity index (χ3v) is 7.18. The third-order valence-electron chi connectivity index (χ3n) is 3.82. The summed E-state index contributed by atoms with van der Waals surface area (Å²) in [5, 5.41) is 10.9. The Balaban J connectivity index is 4.72. The van der Waals surface area contributed by atoms with Gasteiger partial charge in [0.25, 0.3) is 0 Å². The normalized spacial score (nSPS) is 15.6. The van der Waals surface area contributed by atoms with Gasteiger partial charge in [-0.05, 0) is 13.0 Å². The molecule has 0 fully saturated rings. The smallest absolute Gasteiger partial charge is 0.324 e. The lowest BCUT2D eigenvalue weighted by molar-refractivity contribution is 0.346. The first kappa shape index (κ1) is 32.4. The molecule has 194 valence electrons. The van der Waals surface area contributed by atoms with Crippen molar-refractivity contribution in [2.45, 2.75) is 18.5 Å². The minimum atomic E-state index is -4.44. The molecule has 12 N–H and O–H groups in total. The van der Waals surface area contributed by atoms with E-state index in [0.717, 1.165) is 0 Å². The summed E-state index contributed by atoms with van der Waals surface area (Å²) in [6.07, 6.45) is -1.94. The van der Waals surface area contributed by atoms with Gasteiger partial charge in [0.15, 0.2) is 0 Å². The predicted octanol–water partition coefficient (Wildman–Crippen LogP) is -2.86. The van der Waals surface area contributed by atoms with Crippen molar-refractivity contribution in [1.82, 2.24) is 21.3 Å². The van der Waals surface area contributed by atoms with E-state index in [1.54, 1.807) is 0 Å². The summed E-state index contributed by atoms with van der Waals surface area (Å²) >= 11 is 0. The van der Waals surface area contributed by atoms with Crippen LogP contribution in [0.15, 0.2) is 0 Å². The summed E-state index contributed by atoms with van der Waals surface area (Å²) in [7, 11) is -17.3. The molecule has 0 saturated heterocycles. The van der Waals surface area contributed by atoms with Crippen LogP contribution in [0.2, 0.25) is 0 Å². The van der Waals surface area contributed by atoms with Crippen LogP contribution >= 0.6 is 30.4 Å². The van der Waals surface area contributed by atoms with Crippen molar-refractivity contribution in [1.29, 1.82) is 0 Å². The average molecular weight is 550 g/mol. The monoisotopic (exact) mass is 550 g/mol. The minimum absolute atomic E-state index is 0.0265. The molecule has 0 aliphatic heterocycles. The quantitative estimate of drug-likeness (QED) is 0.0569. The second kappa shape index (κ2) is 14.8. The first-order valence-electron chi connectivity index (χ1n) is 9.43. The van der Waals surface area contributed by atoms with Gasteiger partial charge in [-0.3, -0.25) is 18.3 Å².